The van der Waals surface area contributed by atoms with E-state index in [4.69, 9.17) is 33.2 Å². The van der Waals surface area contributed by atoms with Crippen LogP contribution in [0.25, 0.3) is 0 Å². The molecule has 0 radical (unpaired) electrons. The van der Waals surface area contributed by atoms with Gasteiger partial charge in [-0.1, -0.05) is 0 Å². The first-order valence-corrected chi connectivity index (χ1v) is 14.1. The summed E-state index contributed by atoms with van der Waals surface area (Å²) in [5.74, 6) is -2.83. The molecule has 0 bridgehead atoms. The standard InChI is InChI=1S/C24H38O23/c25-5-3(1-41-21(39)17-11(31)9(29)13(33)19(37)45-17)43-23(15(35)7(5)27)47-24-16(36)8(28)6(26)4(44-24)2-42-22(40)18-12(32)10(30)14(34)20(38)46-18/h3-20,23-38H,1-2H2/t3?,4?,5-,6-,7-,8?,9?,10-,11-,12+,13-,14?,15?,16?,17?,18?,19?,20?,23+,24+/m1/s1. The Balaban J connectivity index is 1.36. The highest BCUT2D eigenvalue weighted by Crippen LogP contribution is 2.29. The molecule has 47 heavy (non-hydrogen) atoms. The molecule has 23 heteroatoms. The molecule has 0 aromatic heterocycles. The van der Waals surface area contributed by atoms with Crippen LogP contribution in [0.1, 0.15) is 0 Å². The smallest absolute Gasteiger partial charge is 0.338 e. The second-order valence-electron chi connectivity index (χ2n) is 11.3. The zero-order valence-electron chi connectivity index (χ0n) is 23.9. The van der Waals surface area contributed by atoms with Crippen LogP contribution < -0.4 is 0 Å². The summed E-state index contributed by atoms with van der Waals surface area (Å²) in [5, 5.41) is 140. The van der Waals surface area contributed by atoms with Gasteiger partial charge >= 0.3 is 11.9 Å². The first-order valence-electron chi connectivity index (χ1n) is 14.1. The molecular weight excluding hydrogens is 656 g/mol. The molecule has 272 valence electrons. The van der Waals surface area contributed by atoms with Gasteiger partial charge in [0.05, 0.1) is 0 Å². The molecule has 23 nitrogen and oxygen atoms in total. The van der Waals surface area contributed by atoms with Crippen molar-refractivity contribution < 1.29 is 114 Å². The van der Waals surface area contributed by atoms with Crippen molar-refractivity contribution >= 4 is 11.9 Å². The summed E-state index contributed by atoms with van der Waals surface area (Å²) in [5.41, 5.74) is 0. The fraction of sp³-hybridized carbons (Fsp3) is 0.917. The molecule has 0 amide bonds. The first-order chi connectivity index (χ1) is 22.0. The molecule has 0 spiro atoms. The van der Waals surface area contributed by atoms with E-state index in [0.29, 0.717) is 0 Å². The summed E-state index contributed by atoms with van der Waals surface area (Å²) in [6.07, 6.45) is -39.8. The SMILES string of the molecule is O=C(OCC1O[C@@H](O[C@@H]2OC(COC(=O)C3OC(O)C(O)[C@H](O)[C@@H]3O)[C@@H](O)C(O)C2O)C(O)[C@H](O)[C@@H]1O)C1OC(O)[C@H](O)C(O)[C@H]1O. The van der Waals surface area contributed by atoms with Crippen molar-refractivity contribution in [1.29, 1.82) is 0 Å². The molecule has 0 aromatic carbocycles. The average Bonchev–Trinajstić information content (AvgIpc) is 3.04. The molecule has 4 aliphatic rings. The van der Waals surface area contributed by atoms with Crippen molar-refractivity contribution in [3.8, 4) is 0 Å². The maximum atomic E-state index is 12.4. The Morgan fingerprint density at radius 2 is 0.723 bits per heavy atom. The van der Waals surface area contributed by atoms with Crippen LogP contribution in [-0.4, -0.2) is 219 Å². The van der Waals surface area contributed by atoms with E-state index in [1.165, 1.54) is 0 Å². The van der Waals surface area contributed by atoms with Gasteiger partial charge in [0.2, 0.25) is 0 Å². The van der Waals surface area contributed by atoms with Gasteiger partial charge in [0.15, 0.2) is 37.4 Å². The van der Waals surface area contributed by atoms with Crippen LogP contribution in [0.4, 0.5) is 0 Å². The van der Waals surface area contributed by atoms with Crippen LogP contribution in [0.15, 0.2) is 0 Å². The molecule has 4 rings (SSSR count). The van der Waals surface area contributed by atoms with Crippen LogP contribution in [0.3, 0.4) is 0 Å². The minimum atomic E-state index is -2.08. The van der Waals surface area contributed by atoms with E-state index in [9.17, 15) is 81.1 Å². The molecule has 4 fully saturated rings. The summed E-state index contributed by atoms with van der Waals surface area (Å²) >= 11 is 0. The normalized spacial score (nSPS) is 50.9. The van der Waals surface area contributed by atoms with E-state index in [1.807, 2.05) is 0 Å². The van der Waals surface area contributed by atoms with Gasteiger partial charge in [0.1, 0.15) is 98.7 Å². The van der Waals surface area contributed by atoms with Gasteiger partial charge in [-0.05, 0) is 0 Å². The molecule has 20 atom stereocenters. The zero-order chi connectivity index (χ0) is 35.1. The second-order valence-corrected chi connectivity index (χ2v) is 11.3. The molecule has 0 saturated carbocycles. The average molecular weight is 695 g/mol. The van der Waals surface area contributed by atoms with E-state index in [0.717, 1.165) is 0 Å². The predicted octanol–water partition coefficient (Wildman–Crippen LogP) is -10.7. The first kappa shape index (κ1) is 38.0. The number of hydrogen-bond acceptors (Lipinski definition) is 23. The number of rotatable bonds is 8. The van der Waals surface area contributed by atoms with Crippen molar-refractivity contribution in [2.75, 3.05) is 13.2 Å². The van der Waals surface area contributed by atoms with Crippen LogP contribution in [0.2, 0.25) is 0 Å². The quantitative estimate of drug-likeness (QED) is 0.105. The number of hydrogen-bond donors (Lipinski definition) is 14. The van der Waals surface area contributed by atoms with Crippen molar-refractivity contribution in [3.63, 3.8) is 0 Å². The third kappa shape index (κ3) is 7.83. The Bertz CT molecular complexity index is 986. The van der Waals surface area contributed by atoms with E-state index < -0.39 is 148 Å². The van der Waals surface area contributed by atoms with Crippen molar-refractivity contribution in [2.45, 2.75) is 123 Å². The maximum Gasteiger partial charge on any atom is 0.338 e. The summed E-state index contributed by atoms with van der Waals surface area (Å²) in [7, 11) is 0. The zero-order valence-corrected chi connectivity index (χ0v) is 23.9. The highest BCUT2D eigenvalue weighted by molar-refractivity contribution is 5.76. The molecule has 0 aliphatic carbocycles. The van der Waals surface area contributed by atoms with E-state index in [2.05, 4.69) is 0 Å². The number of aliphatic hydroxyl groups is 14. The number of carbonyl (C=O) groups excluding carboxylic acids is 2. The van der Waals surface area contributed by atoms with Crippen LogP contribution in [0.5, 0.6) is 0 Å². The van der Waals surface area contributed by atoms with Crippen molar-refractivity contribution in [2.24, 2.45) is 0 Å². The summed E-state index contributed by atoms with van der Waals surface area (Å²) in [4.78, 5) is 24.9. The van der Waals surface area contributed by atoms with E-state index in [1.54, 1.807) is 0 Å². The Hall–Kier alpha value is -1.82. The fourth-order valence-corrected chi connectivity index (χ4v) is 5.07. The lowest BCUT2D eigenvalue weighted by Gasteiger charge is -2.45. The van der Waals surface area contributed by atoms with Gasteiger partial charge in [-0.3, -0.25) is 0 Å². The molecular formula is C24H38O23. The molecule has 11 unspecified atom stereocenters. The summed E-state index contributed by atoms with van der Waals surface area (Å²) in [6.45, 7) is -1.87. The van der Waals surface area contributed by atoms with E-state index >= 15 is 0 Å². The minimum Gasteiger partial charge on any atom is -0.461 e. The molecule has 4 heterocycles. The minimum absolute atomic E-state index is 0.936. The third-order valence-corrected chi connectivity index (χ3v) is 8.03. The third-order valence-electron chi connectivity index (χ3n) is 8.03. The predicted molar refractivity (Wildman–Crippen MR) is 134 cm³/mol. The second kappa shape index (κ2) is 15.4. The van der Waals surface area contributed by atoms with Crippen LogP contribution in [0, 0.1) is 0 Å². The molecule has 14 N–H and O–H groups in total. The topological polar surface area (TPSA) is 382 Å². The van der Waals surface area contributed by atoms with Gasteiger partial charge in [-0.2, -0.15) is 0 Å². The number of ether oxygens (including phenoxy) is 7. The van der Waals surface area contributed by atoms with Gasteiger partial charge in [0, 0.05) is 0 Å². The Kier molecular flexibility index (Phi) is 12.4. The molecule has 4 aliphatic heterocycles. The van der Waals surface area contributed by atoms with Crippen molar-refractivity contribution in [1.82, 2.24) is 0 Å². The van der Waals surface area contributed by atoms with Crippen LogP contribution >= 0.6 is 0 Å². The highest BCUT2D eigenvalue weighted by Gasteiger charge is 2.52. The van der Waals surface area contributed by atoms with Gasteiger partial charge in [-0.15, -0.1) is 0 Å². The number of carbonyl (C=O) groups is 2. The maximum absolute atomic E-state index is 12.4. The lowest BCUT2D eigenvalue weighted by atomic mass is 9.97. The lowest BCUT2D eigenvalue weighted by Crippen LogP contribution is -2.64. The van der Waals surface area contributed by atoms with Gasteiger partial charge < -0.3 is 105 Å². The van der Waals surface area contributed by atoms with Crippen molar-refractivity contribution in [3.05, 3.63) is 0 Å². The van der Waals surface area contributed by atoms with Gasteiger partial charge in [0.25, 0.3) is 0 Å². The van der Waals surface area contributed by atoms with E-state index in [-0.39, 0.29) is 0 Å². The Labute approximate surface area is 262 Å². The molecule has 0 aromatic rings. The fourth-order valence-electron chi connectivity index (χ4n) is 5.07. The monoisotopic (exact) mass is 694 g/mol. The highest BCUT2D eigenvalue weighted by atomic mass is 16.8. The molecule has 4 saturated heterocycles. The Morgan fingerprint density at radius 3 is 1.06 bits per heavy atom. The van der Waals surface area contributed by atoms with Crippen LogP contribution in [-0.2, 0) is 42.7 Å². The number of aliphatic hydroxyl groups excluding tert-OH is 14. The van der Waals surface area contributed by atoms with Gasteiger partial charge in [-0.25, -0.2) is 9.59 Å². The summed E-state index contributed by atoms with van der Waals surface area (Å²) in [6, 6.07) is 0. The Morgan fingerprint density at radius 1 is 0.404 bits per heavy atom. The summed E-state index contributed by atoms with van der Waals surface area (Å²) < 4.78 is 35.2. The lowest BCUT2D eigenvalue weighted by molar-refractivity contribution is -0.376. The largest absolute Gasteiger partial charge is 0.461 e. The number of esters is 2.